The Kier molecular flexibility index (Phi) is 1.70. The van der Waals surface area contributed by atoms with E-state index in [1.165, 1.54) is 9.36 Å². The lowest BCUT2D eigenvalue weighted by atomic mass is 10.3. The first-order valence-corrected chi connectivity index (χ1v) is 3.83. The minimum atomic E-state index is -0.244. The molecule has 5 heteroatoms. The molecule has 1 aromatic carbocycles. The topological polar surface area (TPSA) is 52.7 Å². The molecule has 0 radical (unpaired) electrons. The second-order valence-corrected chi connectivity index (χ2v) is 2.63. The largest absolute Gasteiger partial charge is 0.368 e. The van der Waals surface area contributed by atoms with E-state index in [4.69, 9.17) is 0 Å². The van der Waals surface area contributed by atoms with Gasteiger partial charge in [0.25, 0.3) is 0 Å². The molecule has 0 amide bonds. The summed E-state index contributed by atoms with van der Waals surface area (Å²) < 4.78 is 2.44. The van der Waals surface area contributed by atoms with Gasteiger partial charge in [-0.25, -0.2) is 4.79 Å². The Balaban J connectivity index is 2.60. The number of aromatic nitrogens is 4. The summed E-state index contributed by atoms with van der Waals surface area (Å²) in [5.74, 6) is 0. The molecule has 0 aliphatic carbocycles. The quantitative estimate of drug-likeness (QED) is 0.613. The van der Waals surface area contributed by atoms with E-state index in [0.717, 1.165) is 5.69 Å². The molecule has 0 atom stereocenters. The first-order chi connectivity index (χ1) is 6.29. The number of benzene rings is 1. The monoisotopic (exact) mass is 176 g/mol. The van der Waals surface area contributed by atoms with Crippen LogP contribution in [0, 0.1) is 0 Å². The predicted molar refractivity (Wildman–Crippen MR) is 46.6 cm³/mol. The molecule has 1 heterocycles. The fourth-order valence-electron chi connectivity index (χ4n) is 1.04. The fourth-order valence-corrected chi connectivity index (χ4v) is 1.04. The fraction of sp³-hybridized carbons (Fsp3) is 0.125. The van der Waals surface area contributed by atoms with Crippen molar-refractivity contribution in [2.24, 2.45) is 7.05 Å². The molecule has 0 saturated carbocycles. The summed E-state index contributed by atoms with van der Waals surface area (Å²) in [6, 6.07) is 9.17. The maximum atomic E-state index is 11.4. The van der Waals surface area contributed by atoms with Crippen molar-refractivity contribution in [2.75, 3.05) is 0 Å². The molecule has 2 aromatic rings. The van der Waals surface area contributed by atoms with Crippen LogP contribution in [-0.4, -0.2) is 19.8 Å². The van der Waals surface area contributed by atoms with Crippen molar-refractivity contribution in [2.45, 2.75) is 0 Å². The third kappa shape index (κ3) is 1.24. The molecule has 0 fully saturated rings. The zero-order chi connectivity index (χ0) is 9.26. The Hall–Kier alpha value is -1.91. The van der Waals surface area contributed by atoms with Gasteiger partial charge in [0.15, 0.2) is 0 Å². The van der Waals surface area contributed by atoms with Crippen molar-refractivity contribution < 1.29 is 0 Å². The molecule has 0 N–H and O–H groups in total. The molecule has 0 bridgehead atoms. The van der Waals surface area contributed by atoms with E-state index in [9.17, 15) is 4.79 Å². The van der Waals surface area contributed by atoms with Crippen LogP contribution in [0.3, 0.4) is 0 Å². The Morgan fingerprint density at radius 1 is 1.15 bits per heavy atom. The third-order valence-corrected chi connectivity index (χ3v) is 1.72. The molecule has 2 rings (SSSR count). The molecular formula is C8H8N4O. The van der Waals surface area contributed by atoms with E-state index in [0.29, 0.717) is 0 Å². The van der Waals surface area contributed by atoms with E-state index in [-0.39, 0.29) is 5.69 Å². The minimum absolute atomic E-state index is 0.244. The zero-order valence-electron chi connectivity index (χ0n) is 7.08. The number of para-hydroxylation sites is 1. The van der Waals surface area contributed by atoms with Crippen LogP contribution >= 0.6 is 0 Å². The van der Waals surface area contributed by atoms with Gasteiger partial charge in [-0.3, -0.25) is 0 Å². The van der Waals surface area contributed by atoms with Gasteiger partial charge in [0.05, 0.1) is 5.69 Å². The number of hydrogen-bond acceptors (Lipinski definition) is 3. The Bertz CT molecular complexity index is 456. The maximum absolute atomic E-state index is 11.4. The smallest absolute Gasteiger partial charge is 0.244 e. The average Bonchev–Trinajstić information content (AvgIpc) is 2.49. The van der Waals surface area contributed by atoms with Gasteiger partial charge >= 0.3 is 5.69 Å². The summed E-state index contributed by atoms with van der Waals surface area (Å²) in [7, 11) is 1.56. The van der Waals surface area contributed by atoms with Crippen LogP contribution in [0.4, 0.5) is 0 Å². The van der Waals surface area contributed by atoms with Crippen molar-refractivity contribution in [3.05, 3.63) is 40.8 Å². The number of hydrogen-bond donors (Lipinski definition) is 0. The molecular weight excluding hydrogens is 168 g/mol. The number of nitrogens with zero attached hydrogens (tertiary/aromatic N) is 4. The molecule has 0 saturated heterocycles. The molecule has 0 aliphatic rings. The summed E-state index contributed by atoms with van der Waals surface area (Å²) in [6.07, 6.45) is 0. The SMILES string of the molecule is Cn1nnn(-c2ccccc2)c1=O. The second kappa shape index (κ2) is 2.85. The van der Waals surface area contributed by atoms with Crippen molar-refractivity contribution in [1.29, 1.82) is 0 Å². The van der Waals surface area contributed by atoms with Crippen LogP contribution in [0.15, 0.2) is 35.1 Å². The molecule has 0 unspecified atom stereocenters. The van der Waals surface area contributed by atoms with Gasteiger partial charge in [0.1, 0.15) is 0 Å². The van der Waals surface area contributed by atoms with E-state index in [1.54, 1.807) is 19.2 Å². The highest BCUT2D eigenvalue weighted by Gasteiger charge is 2.03. The summed E-state index contributed by atoms with van der Waals surface area (Å²) >= 11 is 0. The Morgan fingerprint density at radius 2 is 1.85 bits per heavy atom. The zero-order valence-corrected chi connectivity index (χ0v) is 7.08. The summed E-state index contributed by atoms with van der Waals surface area (Å²) in [6.45, 7) is 0. The standard InChI is InChI=1S/C8H8N4O/c1-11-8(13)12(10-9-11)7-5-3-2-4-6-7/h2-6H,1H3. The van der Waals surface area contributed by atoms with Gasteiger partial charge in [-0.05, 0) is 22.6 Å². The lowest BCUT2D eigenvalue weighted by Gasteiger charge is -1.94. The predicted octanol–water partition coefficient (Wildman–Crippen LogP) is -0.0340. The van der Waals surface area contributed by atoms with Crippen LogP contribution in [0.2, 0.25) is 0 Å². The van der Waals surface area contributed by atoms with Gasteiger partial charge in [-0.1, -0.05) is 18.2 Å². The first-order valence-electron chi connectivity index (χ1n) is 3.83. The lowest BCUT2D eigenvalue weighted by Crippen LogP contribution is -2.21. The summed E-state index contributed by atoms with van der Waals surface area (Å²) in [5, 5.41) is 7.31. The van der Waals surface area contributed by atoms with Gasteiger partial charge < -0.3 is 0 Å². The number of rotatable bonds is 1. The lowest BCUT2D eigenvalue weighted by molar-refractivity contribution is 0.693. The van der Waals surface area contributed by atoms with Crippen molar-refractivity contribution in [3.8, 4) is 5.69 Å². The normalized spacial score (nSPS) is 10.2. The van der Waals surface area contributed by atoms with E-state index >= 15 is 0 Å². The van der Waals surface area contributed by atoms with Gasteiger partial charge in [0.2, 0.25) is 0 Å². The Morgan fingerprint density at radius 3 is 2.38 bits per heavy atom. The van der Waals surface area contributed by atoms with E-state index in [1.807, 2.05) is 18.2 Å². The van der Waals surface area contributed by atoms with Crippen molar-refractivity contribution in [1.82, 2.24) is 19.8 Å². The second-order valence-electron chi connectivity index (χ2n) is 2.63. The summed E-state index contributed by atoms with van der Waals surface area (Å²) in [4.78, 5) is 11.4. The van der Waals surface area contributed by atoms with Crippen LogP contribution in [0.5, 0.6) is 0 Å². The van der Waals surface area contributed by atoms with E-state index in [2.05, 4.69) is 10.4 Å². The van der Waals surface area contributed by atoms with Gasteiger partial charge in [-0.2, -0.15) is 9.36 Å². The molecule has 5 nitrogen and oxygen atoms in total. The van der Waals surface area contributed by atoms with Crippen molar-refractivity contribution in [3.63, 3.8) is 0 Å². The first kappa shape index (κ1) is 7.72. The third-order valence-electron chi connectivity index (χ3n) is 1.72. The highest BCUT2D eigenvalue weighted by atomic mass is 16.2. The summed E-state index contributed by atoms with van der Waals surface area (Å²) in [5.41, 5.74) is 0.479. The molecule has 0 spiro atoms. The highest BCUT2D eigenvalue weighted by molar-refractivity contribution is 5.28. The molecule has 66 valence electrons. The van der Waals surface area contributed by atoms with Crippen LogP contribution < -0.4 is 5.69 Å². The minimum Gasteiger partial charge on any atom is -0.244 e. The highest BCUT2D eigenvalue weighted by Crippen LogP contribution is 1.99. The molecule has 1 aromatic heterocycles. The van der Waals surface area contributed by atoms with Crippen LogP contribution in [0.1, 0.15) is 0 Å². The van der Waals surface area contributed by atoms with Gasteiger partial charge in [-0.15, -0.1) is 0 Å². The Labute approximate surface area is 74.2 Å². The van der Waals surface area contributed by atoms with Crippen LogP contribution in [-0.2, 0) is 7.05 Å². The maximum Gasteiger partial charge on any atom is 0.368 e. The molecule has 0 aliphatic heterocycles. The van der Waals surface area contributed by atoms with Crippen molar-refractivity contribution >= 4 is 0 Å². The average molecular weight is 176 g/mol. The van der Waals surface area contributed by atoms with E-state index < -0.39 is 0 Å². The van der Waals surface area contributed by atoms with Crippen LogP contribution in [0.25, 0.3) is 5.69 Å². The van der Waals surface area contributed by atoms with Gasteiger partial charge in [0, 0.05) is 7.05 Å². The number of aryl methyl sites for hydroxylation is 1. The molecule has 13 heavy (non-hydrogen) atoms. The number of tetrazole rings is 1.